The van der Waals surface area contributed by atoms with Crippen molar-refractivity contribution in [2.75, 3.05) is 0 Å². The average Bonchev–Trinajstić information content (AvgIpc) is 3.43. The van der Waals surface area contributed by atoms with Gasteiger partial charge >= 0.3 is 0 Å². The molecule has 0 aliphatic rings. The second-order valence-corrected chi connectivity index (χ2v) is 10.1. The van der Waals surface area contributed by atoms with Crippen molar-refractivity contribution in [3.8, 4) is 23.7 Å². The van der Waals surface area contributed by atoms with Gasteiger partial charge in [0.2, 0.25) is 0 Å². The van der Waals surface area contributed by atoms with E-state index in [4.69, 9.17) is 0 Å². The van der Waals surface area contributed by atoms with Gasteiger partial charge in [-0.25, -0.2) is 0 Å². The molecule has 0 aliphatic heterocycles. The molecule has 0 radical (unpaired) electrons. The van der Waals surface area contributed by atoms with Gasteiger partial charge in [-0.1, -0.05) is 36.1 Å². The molecule has 0 unspecified atom stereocenters. The number of thiophene rings is 4. The smallest absolute Gasteiger partial charge is 0.0781 e. The van der Waals surface area contributed by atoms with Gasteiger partial charge in [0.15, 0.2) is 0 Å². The van der Waals surface area contributed by atoms with E-state index in [1.165, 1.54) is 40.7 Å². The molecule has 1 aromatic carbocycles. The topological polar surface area (TPSA) is 0 Å². The van der Waals surface area contributed by atoms with Crippen LogP contribution < -0.4 is 0 Å². The minimum atomic E-state index is 1.12. The summed E-state index contributed by atoms with van der Waals surface area (Å²) in [6.07, 6.45) is 4.43. The van der Waals surface area contributed by atoms with Gasteiger partial charge in [-0.3, -0.25) is 0 Å². The van der Waals surface area contributed by atoms with Crippen molar-refractivity contribution in [2.24, 2.45) is 0 Å². The molecule has 4 heterocycles. The Morgan fingerprint density at radius 2 is 1.61 bits per heavy atom. The van der Waals surface area contributed by atoms with Crippen LogP contribution in [0.25, 0.3) is 41.7 Å². The Morgan fingerprint density at radius 3 is 2.46 bits per heavy atom. The molecule has 0 N–H and O–H groups in total. The number of fused-ring (bicyclic) bond motifs is 5. The number of hydrogen-bond donors (Lipinski definition) is 0. The predicted octanol–water partition coefficient (Wildman–Crippen LogP) is 8.31. The molecule has 0 saturated carbocycles. The highest BCUT2D eigenvalue weighted by Crippen LogP contribution is 2.45. The maximum atomic E-state index is 3.21. The summed E-state index contributed by atoms with van der Waals surface area (Å²) in [5.74, 6) is 12.3. The standard InChI is InChI=1S/C24H14S4/c1-3-5-18-11-15(13-25-18)7-8-17-14-26-23-20-10-9-16-12-19(6-4-2)27-21(16)24(20)28-22(17)23/h7-14H,1-2H3/b8-7-. The Labute approximate surface area is 179 Å². The van der Waals surface area contributed by atoms with Crippen LogP contribution in [0.15, 0.2) is 35.0 Å². The van der Waals surface area contributed by atoms with E-state index in [1.807, 2.05) is 36.5 Å². The molecule has 134 valence electrons. The molecule has 0 fully saturated rings. The lowest BCUT2D eigenvalue weighted by Crippen LogP contribution is -1.64. The summed E-state index contributed by atoms with van der Waals surface area (Å²) in [7, 11) is 0. The molecule has 0 saturated heterocycles. The molecule has 28 heavy (non-hydrogen) atoms. The lowest BCUT2D eigenvalue weighted by molar-refractivity contribution is 1.83. The van der Waals surface area contributed by atoms with Crippen LogP contribution in [0, 0.1) is 23.7 Å². The van der Waals surface area contributed by atoms with Gasteiger partial charge in [0.25, 0.3) is 0 Å². The highest BCUT2D eigenvalue weighted by Gasteiger charge is 2.14. The third-order valence-electron chi connectivity index (χ3n) is 4.43. The monoisotopic (exact) mass is 430 g/mol. The normalized spacial score (nSPS) is 11.2. The van der Waals surface area contributed by atoms with Crippen LogP contribution in [0.5, 0.6) is 0 Å². The fraction of sp³-hybridized carbons (Fsp3) is 0.0833. The first-order valence-electron chi connectivity index (χ1n) is 8.75. The van der Waals surface area contributed by atoms with Crippen molar-refractivity contribution < 1.29 is 0 Å². The molecule has 0 spiro atoms. The largest absolute Gasteiger partial charge is 0.142 e. The van der Waals surface area contributed by atoms with E-state index in [2.05, 4.69) is 70.9 Å². The second kappa shape index (κ2) is 7.24. The van der Waals surface area contributed by atoms with Crippen molar-refractivity contribution in [1.82, 2.24) is 0 Å². The lowest BCUT2D eigenvalue weighted by atomic mass is 10.2. The number of rotatable bonds is 2. The van der Waals surface area contributed by atoms with Gasteiger partial charge in [-0.15, -0.1) is 57.2 Å². The van der Waals surface area contributed by atoms with Crippen molar-refractivity contribution >= 4 is 87.1 Å². The fourth-order valence-corrected chi connectivity index (χ4v) is 7.77. The molecule has 0 nitrogen and oxygen atoms in total. The van der Waals surface area contributed by atoms with Crippen LogP contribution in [0.2, 0.25) is 0 Å². The molecule has 4 heteroatoms. The fourth-order valence-electron chi connectivity index (χ4n) is 3.22. The van der Waals surface area contributed by atoms with E-state index in [9.17, 15) is 0 Å². The van der Waals surface area contributed by atoms with Crippen LogP contribution in [0.3, 0.4) is 0 Å². The highest BCUT2D eigenvalue weighted by molar-refractivity contribution is 7.35. The van der Waals surface area contributed by atoms with Crippen molar-refractivity contribution in [2.45, 2.75) is 13.8 Å². The third-order valence-corrected chi connectivity index (χ3v) is 8.94. The van der Waals surface area contributed by atoms with Crippen LogP contribution in [0.1, 0.15) is 34.7 Å². The molecule has 0 bridgehead atoms. The van der Waals surface area contributed by atoms with Crippen LogP contribution >= 0.6 is 45.3 Å². The number of hydrogen-bond acceptors (Lipinski definition) is 4. The molecular formula is C24H14S4. The Balaban J connectivity index is 1.61. The summed E-state index contributed by atoms with van der Waals surface area (Å²) in [6, 6.07) is 8.86. The molecule has 0 aliphatic carbocycles. The minimum Gasteiger partial charge on any atom is -0.142 e. The predicted molar refractivity (Wildman–Crippen MR) is 131 cm³/mol. The summed E-state index contributed by atoms with van der Waals surface area (Å²) in [6.45, 7) is 3.77. The Hall–Kier alpha value is -2.34. The van der Waals surface area contributed by atoms with Crippen molar-refractivity contribution in [3.05, 3.63) is 55.9 Å². The SMILES string of the molecule is CC#Cc1cc(/C=C\c2csc3c2sc2c3ccc3cc(C#CC)sc32)cs1. The maximum absolute atomic E-state index is 3.21. The Kier molecular flexibility index (Phi) is 4.59. The van der Waals surface area contributed by atoms with Crippen LogP contribution in [-0.4, -0.2) is 0 Å². The Morgan fingerprint density at radius 1 is 0.750 bits per heavy atom. The molecular weight excluding hydrogens is 417 g/mol. The summed E-state index contributed by atoms with van der Waals surface area (Å²) in [4.78, 5) is 2.26. The van der Waals surface area contributed by atoms with E-state index in [-0.39, 0.29) is 0 Å². The summed E-state index contributed by atoms with van der Waals surface area (Å²) in [5.41, 5.74) is 2.51. The van der Waals surface area contributed by atoms with E-state index < -0.39 is 0 Å². The van der Waals surface area contributed by atoms with Gasteiger partial charge in [-0.2, -0.15) is 0 Å². The average molecular weight is 431 g/mol. The van der Waals surface area contributed by atoms with E-state index >= 15 is 0 Å². The zero-order chi connectivity index (χ0) is 19.1. The first-order valence-corrected chi connectivity index (χ1v) is 12.1. The van der Waals surface area contributed by atoms with Crippen LogP contribution in [0.4, 0.5) is 0 Å². The highest BCUT2D eigenvalue weighted by atomic mass is 32.1. The second-order valence-electron chi connectivity index (χ2n) is 6.25. The van der Waals surface area contributed by atoms with Gasteiger partial charge in [0.05, 0.1) is 28.6 Å². The summed E-state index contributed by atoms with van der Waals surface area (Å²) >= 11 is 7.25. The quantitative estimate of drug-likeness (QED) is 0.247. The van der Waals surface area contributed by atoms with Gasteiger partial charge < -0.3 is 0 Å². The van der Waals surface area contributed by atoms with Gasteiger partial charge in [0, 0.05) is 16.3 Å². The minimum absolute atomic E-state index is 1.12. The van der Waals surface area contributed by atoms with Gasteiger partial charge in [0.1, 0.15) is 0 Å². The molecule has 5 aromatic rings. The zero-order valence-corrected chi connectivity index (χ0v) is 18.5. The Bertz CT molecular complexity index is 1490. The van der Waals surface area contributed by atoms with Crippen LogP contribution in [-0.2, 0) is 0 Å². The number of benzene rings is 1. The van der Waals surface area contributed by atoms with Gasteiger partial charge in [-0.05, 0) is 42.3 Å². The summed E-state index contributed by atoms with van der Waals surface area (Å²) < 4.78 is 5.52. The third kappa shape index (κ3) is 3.00. The first kappa shape index (κ1) is 17.7. The first-order chi connectivity index (χ1) is 13.8. The lowest BCUT2D eigenvalue weighted by Gasteiger charge is -1.91. The summed E-state index contributed by atoms with van der Waals surface area (Å²) in [5, 5.41) is 7.09. The molecule has 4 aromatic heterocycles. The zero-order valence-electron chi connectivity index (χ0n) is 15.3. The molecule has 5 rings (SSSR count). The van der Waals surface area contributed by atoms with Crippen molar-refractivity contribution in [1.29, 1.82) is 0 Å². The molecule has 0 atom stereocenters. The van der Waals surface area contributed by atoms with E-state index in [0.29, 0.717) is 0 Å². The maximum Gasteiger partial charge on any atom is 0.0781 e. The molecule has 0 amide bonds. The van der Waals surface area contributed by atoms with Crippen molar-refractivity contribution in [3.63, 3.8) is 0 Å². The van der Waals surface area contributed by atoms with E-state index in [0.717, 1.165) is 9.75 Å². The van der Waals surface area contributed by atoms with E-state index in [1.54, 1.807) is 22.7 Å².